The Bertz CT molecular complexity index is 1270. The highest BCUT2D eigenvalue weighted by molar-refractivity contribution is 5.98. The Balaban J connectivity index is 2.72. The van der Waals surface area contributed by atoms with E-state index in [2.05, 4.69) is 9.47 Å². The van der Waals surface area contributed by atoms with Crippen LogP contribution in [0.5, 0.6) is 11.5 Å². The van der Waals surface area contributed by atoms with Crippen molar-refractivity contribution in [1.82, 2.24) is 4.57 Å². The topological polar surface area (TPSA) is 74.6 Å². The van der Waals surface area contributed by atoms with Crippen molar-refractivity contribution in [1.29, 1.82) is 0 Å². The van der Waals surface area contributed by atoms with Crippen LogP contribution in [-0.2, 0) is 9.59 Å². The zero-order valence-electron chi connectivity index (χ0n) is 17.0. The molecule has 0 spiro atoms. The fraction of sp³-hybridized carbons (Fsp3) is 0.353. The van der Waals surface area contributed by atoms with Crippen LogP contribution < -0.4 is 9.47 Å². The van der Waals surface area contributed by atoms with Gasteiger partial charge in [-0.1, -0.05) is 0 Å². The van der Waals surface area contributed by atoms with Gasteiger partial charge in [0, 0.05) is 17.6 Å². The lowest BCUT2D eigenvalue weighted by Gasteiger charge is -2.21. The standard InChI is InChI=1S/C17H4F15NO5/c18-12(19,15(24,25)26)9(34)33-2-1-5-3-7(37-10(35)13(20,21)16(27,28)29)8(4-6(5)33)38-11(36)14(22,23)17(30,31)32/h1-4H. The van der Waals surface area contributed by atoms with Crippen molar-refractivity contribution in [2.45, 2.75) is 36.3 Å². The number of rotatable bonds is 5. The van der Waals surface area contributed by atoms with Gasteiger partial charge in [0.1, 0.15) is 0 Å². The van der Waals surface area contributed by atoms with Gasteiger partial charge in [0.05, 0.1) is 5.52 Å². The molecule has 0 N–H and O–H groups in total. The Hall–Kier alpha value is -3.68. The molecule has 0 saturated carbocycles. The first-order valence-corrected chi connectivity index (χ1v) is 8.75. The van der Waals surface area contributed by atoms with E-state index in [-0.39, 0.29) is 18.3 Å². The molecule has 2 aromatic rings. The number of hydrogen-bond acceptors (Lipinski definition) is 5. The van der Waals surface area contributed by atoms with Gasteiger partial charge in [0.25, 0.3) is 0 Å². The van der Waals surface area contributed by atoms with Gasteiger partial charge in [-0.25, -0.2) is 9.59 Å². The van der Waals surface area contributed by atoms with E-state index in [9.17, 15) is 80.2 Å². The van der Waals surface area contributed by atoms with Crippen molar-refractivity contribution in [2.24, 2.45) is 0 Å². The molecule has 0 aliphatic carbocycles. The lowest BCUT2D eigenvalue weighted by molar-refractivity contribution is -0.277. The van der Waals surface area contributed by atoms with Gasteiger partial charge in [-0.2, -0.15) is 65.9 Å². The molecule has 0 saturated heterocycles. The number of hydrogen-bond donors (Lipinski definition) is 0. The Morgan fingerprint density at radius 1 is 0.579 bits per heavy atom. The zero-order chi connectivity index (χ0) is 29.9. The highest BCUT2D eigenvalue weighted by atomic mass is 19.4. The maximum absolute atomic E-state index is 13.4. The van der Waals surface area contributed by atoms with E-state index in [0.29, 0.717) is 6.07 Å². The first kappa shape index (κ1) is 30.5. The zero-order valence-corrected chi connectivity index (χ0v) is 17.0. The van der Waals surface area contributed by atoms with E-state index >= 15 is 0 Å². The maximum atomic E-state index is 13.4. The quantitative estimate of drug-likeness (QED) is 0.256. The second-order valence-electron chi connectivity index (χ2n) is 6.84. The molecule has 0 bridgehead atoms. The minimum absolute atomic E-state index is 0.0798. The van der Waals surface area contributed by atoms with Crippen molar-refractivity contribution in [2.75, 3.05) is 0 Å². The Morgan fingerprint density at radius 2 is 0.947 bits per heavy atom. The SMILES string of the molecule is O=C(Oc1cc2ccn(C(=O)C(F)(F)C(F)(F)F)c2cc1OC(=O)C(F)(F)C(F)(F)F)C(F)(F)C(F)(F)F. The molecule has 1 aromatic heterocycles. The maximum Gasteiger partial charge on any atom is 0.465 e. The average Bonchev–Trinajstić information content (AvgIpc) is 3.13. The van der Waals surface area contributed by atoms with Crippen LogP contribution in [0.3, 0.4) is 0 Å². The number of halogens is 15. The molecule has 0 amide bonds. The van der Waals surface area contributed by atoms with Crippen LogP contribution in [0.1, 0.15) is 4.79 Å². The third-order valence-electron chi connectivity index (χ3n) is 4.23. The number of nitrogens with zero attached hydrogens (tertiary/aromatic N) is 1. The molecular formula is C17H4F15NO5. The summed E-state index contributed by atoms with van der Waals surface area (Å²) in [6.07, 6.45) is -19.8. The molecule has 0 radical (unpaired) electrons. The fourth-order valence-electron chi connectivity index (χ4n) is 2.31. The monoisotopic (exact) mass is 587 g/mol. The second kappa shape index (κ2) is 8.96. The fourth-order valence-corrected chi connectivity index (χ4v) is 2.31. The van der Waals surface area contributed by atoms with Gasteiger partial charge < -0.3 is 9.47 Å². The van der Waals surface area contributed by atoms with Crippen molar-refractivity contribution in [3.63, 3.8) is 0 Å². The summed E-state index contributed by atoms with van der Waals surface area (Å²) in [5, 5.41) is -0.933. The van der Waals surface area contributed by atoms with E-state index in [4.69, 9.17) is 0 Å². The summed E-state index contributed by atoms with van der Waals surface area (Å²) >= 11 is 0. The molecule has 0 atom stereocenters. The van der Waals surface area contributed by atoms with Gasteiger partial charge in [0.2, 0.25) is 0 Å². The van der Waals surface area contributed by atoms with E-state index < -0.39 is 81.1 Å². The minimum atomic E-state index is -6.71. The normalized spacial score (nSPS) is 14.0. The van der Waals surface area contributed by atoms with Gasteiger partial charge in [-0.3, -0.25) is 9.36 Å². The summed E-state index contributed by atoms with van der Waals surface area (Å²) in [6, 6.07) is -0.00320. The van der Waals surface area contributed by atoms with E-state index in [1.54, 1.807) is 0 Å². The van der Waals surface area contributed by atoms with Crippen LogP contribution in [0.15, 0.2) is 24.4 Å². The molecule has 212 valence electrons. The number of carbonyl (C=O) groups excluding carboxylic acids is 3. The van der Waals surface area contributed by atoms with Crippen molar-refractivity contribution >= 4 is 28.7 Å². The molecule has 0 unspecified atom stereocenters. The van der Waals surface area contributed by atoms with Crippen molar-refractivity contribution < 1.29 is 89.7 Å². The highest BCUT2D eigenvalue weighted by Crippen LogP contribution is 2.43. The number of aromatic nitrogens is 1. The molecule has 1 heterocycles. The van der Waals surface area contributed by atoms with Crippen molar-refractivity contribution in [3.8, 4) is 11.5 Å². The molecule has 0 aliphatic heterocycles. The lowest BCUT2D eigenvalue weighted by atomic mass is 10.2. The summed E-state index contributed by atoms with van der Waals surface area (Å²) in [5.41, 5.74) is -1.33. The van der Waals surface area contributed by atoms with Crippen LogP contribution in [-0.4, -0.2) is 58.7 Å². The summed E-state index contributed by atoms with van der Waals surface area (Å²) in [4.78, 5) is 34.4. The van der Waals surface area contributed by atoms with Crippen molar-refractivity contribution in [3.05, 3.63) is 24.4 Å². The largest absolute Gasteiger partial charge is 0.465 e. The van der Waals surface area contributed by atoms with E-state index in [1.807, 2.05) is 0 Å². The molecule has 0 aliphatic rings. The van der Waals surface area contributed by atoms with Gasteiger partial charge >= 0.3 is 54.1 Å². The smallest absolute Gasteiger partial charge is 0.418 e. The highest BCUT2D eigenvalue weighted by Gasteiger charge is 2.67. The van der Waals surface area contributed by atoms with Gasteiger partial charge in [-0.15, -0.1) is 0 Å². The molecule has 0 fully saturated rings. The number of benzene rings is 1. The van der Waals surface area contributed by atoms with Crippen LogP contribution in [0.2, 0.25) is 0 Å². The van der Waals surface area contributed by atoms with E-state index in [0.717, 1.165) is 0 Å². The number of carbonyl (C=O) groups is 3. The van der Waals surface area contributed by atoms with Gasteiger partial charge in [-0.05, 0) is 12.1 Å². The molecule has 1 aromatic carbocycles. The summed E-state index contributed by atoms with van der Waals surface area (Å²) in [5.74, 6) is -33.3. The van der Waals surface area contributed by atoms with Crippen LogP contribution >= 0.6 is 0 Å². The van der Waals surface area contributed by atoms with E-state index in [1.165, 1.54) is 0 Å². The molecule has 21 heteroatoms. The van der Waals surface area contributed by atoms with Crippen LogP contribution in [0.4, 0.5) is 65.9 Å². The molecule has 2 rings (SSSR count). The van der Waals surface area contributed by atoms with Gasteiger partial charge in [0.15, 0.2) is 11.5 Å². The van der Waals surface area contributed by atoms with Crippen LogP contribution in [0.25, 0.3) is 10.9 Å². The summed E-state index contributed by atoms with van der Waals surface area (Å²) < 4.78 is 198. The Morgan fingerprint density at radius 3 is 1.32 bits per heavy atom. The first-order chi connectivity index (χ1) is 16.8. The molecule has 6 nitrogen and oxygen atoms in total. The summed E-state index contributed by atoms with van der Waals surface area (Å²) in [7, 11) is 0. The number of fused-ring (bicyclic) bond motifs is 1. The predicted molar refractivity (Wildman–Crippen MR) is 86.8 cm³/mol. The lowest BCUT2D eigenvalue weighted by Crippen LogP contribution is -2.47. The second-order valence-corrected chi connectivity index (χ2v) is 6.84. The number of alkyl halides is 15. The first-order valence-electron chi connectivity index (χ1n) is 8.75. The Labute approximate surface area is 196 Å². The average molecular weight is 587 g/mol. The number of ether oxygens (including phenoxy) is 2. The van der Waals surface area contributed by atoms with Crippen LogP contribution in [0, 0.1) is 0 Å². The third kappa shape index (κ3) is 5.17. The molecular weight excluding hydrogens is 583 g/mol. The Kier molecular flexibility index (Phi) is 7.20. The predicted octanol–water partition coefficient (Wildman–Crippen LogP) is 5.69. The minimum Gasteiger partial charge on any atom is -0.418 e. The third-order valence-corrected chi connectivity index (χ3v) is 4.23. The molecule has 38 heavy (non-hydrogen) atoms. The number of esters is 2. The summed E-state index contributed by atoms with van der Waals surface area (Å²) in [6.45, 7) is 0.